The summed E-state index contributed by atoms with van der Waals surface area (Å²) in [5.41, 5.74) is 3.86. The van der Waals surface area contributed by atoms with Crippen LogP contribution in [-0.4, -0.2) is 5.78 Å². The topological polar surface area (TPSA) is 26.3 Å². The van der Waals surface area contributed by atoms with Crippen LogP contribution in [0.25, 0.3) is 0 Å². The average Bonchev–Trinajstić information content (AvgIpc) is 2.83. The lowest BCUT2D eigenvalue weighted by molar-refractivity contribution is 0.103. The Kier molecular flexibility index (Phi) is 7.23. The Labute approximate surface area is 193 Å². The summed E-state index contributed by atoms with van der Waals surface area (Å²) in [5, 5.41) is 0. The number of hydrogen-bond donors (Lipinski definition) is 0. The van der Waals surface area contributed by atoms with Crippen molar-refractivity contribution in [1.82, 2.24) is 0 Å². The van der Waals surface area contributed by atoms with E-state index >= 15 is 0 Å². The number of hydrogen-bond acceptors (Lipinski definition) is 2. The third-order valence-corrected chi connectivity index (χ3v) is 7.23. The molecule has 0 aliphatic rings. The molecule has 2 heteroatoms. The predicted molar refractivity (Wildman–Crippen MR) is 134 cm³/mol. The van der Waals surface area contributed by atoms with E-state index in [0.29, 0.717) is 5.56 Å². The summed E-state index contributed by atoms with van der Waals surface area (Å²) in [4.78, 5) is 13.7. The van der Waals surface area contributed by atoms with Gasteiger partial charge in [-0.1, -0.05) is 71.9 Å². The van der Waals surface area contributed by atoms with Gasteiger partial charge in [0.05, 0.1) is 0 Å². The lowest BCUT2D eigenvalue weighted by atomic mass is 9.73. The van der Waals surface area contributed by atoms with Gasteiger partial charge in [0.1, 0.15) is 11.5 Å². The summed E-state index contributed by atoms with van der Waals surface area (Å²) in [6.07, 6.45) is 3.05. The van der Waals surface area contributed by atoms with E-state index in [1.807, 2.05) is 54.6 Å². The molecule has 0 spiro atoms. The van der Waals surface area contributed by atoms with E-state index in [1.165, 1.54) is 5.56 Å². The van der Waals surface area contributed by atoms with Crippen LogP contribution in [0.5, 0.6) is 11.5 Å². The number of ether oxygens (including phenoxy) is 1. The summed E-state index contributed by atoms with van der Waals surface area (Å²) < 4.78 is 5.90. The number of benzene rings is 3. The van der Waals surface area contributed by atoms with Gasteiger partial charge in [0, 0.05) is 11.1 Å². The molecule has 3 rings (SSSR count). The molecule has 0 aliphatic carbocycles. The smallest absolute Gasteiger partial charge is 0.193 e. The van der Waals surface area contributed by atoms with Gasteiger partial charge in [0.2, 0.25) is 0 Å². The summed E-state index contributed by atoms with van der Waals surface area (Å²) in [7, 11) is 0. The fourth-order valence-electron chi connectivity index (χ4n) is 4.00. The first-order valence-electron chi connectivity index (χ1n) is 11.8. The molecule has 0 saturated carbocycles. The van der Waals surface area contributed by atoms with E-state index in [9.17, 15) is 4.79 Å². The Bertz CT molecular complexity index is 1040. The van der Waals surface area contributed by atoms with Crippen LogP contribution in [0, 0.1) is 0 Å². The highest BCUT2D eigenvalue weighted by Crippen LogP contribution is 2.37. The normalized spacial score (nSPS) is 11.9. The maximum Gasteiger partial charge on any atom is 0.193 e. The van der Waals surface area contributed by atoms with Gasteiger partial charge in [-0.2, -0.15) is 0 Å². The van der Waals surface area contributed by atoms with Gasteiger partial charge in [0.25, 0.3) is 0 Å². The standard InChI is InChI=1S/C30H36O2/c1-7-29(4,5)27-20-17-23(30(6,8-2)9-3)21-26(27)28(31)22-15-18-25(19-16-22)32-24-13-11-10-12-14-24/h10-21H,7-9H2,1-6H3. The fraction of sp³-hybridized carbons (Fsp3) is 0.367. The molecule has 168 valence electrons. The first-order valence-corrected chi connectivity index (χ1v) is 11.8. The number of rotatable bonds is 9. The molecule has 0 heterocycles. The summed E-state index contributed by atoms with van der Waals surface area (Å²) in [6, 6.07) is 23.7. The van der Waals surface area contributed by atoms with E-state index in [1.54, 1.807) is 0 Å². The van der Waals surface area contributed by atoms with Crippen molar-refractivity contribution in [3.05, 3.63) is 95.1 Å². The van der Waals surface area contributed by atoms with Crippen molar-refractivity contribution in [2.24, 2.45) is 0 Å². The van der Waals surface area contributed by atoms with E-state index in [-0.39, 0.29) is 16.6 Å². The molecule has 2 nitrogen and oxygen atoms in total. The Balaban J connectivity index is 1.99. The maximum atomic E-state index is 13.7. The van der Waals surface area contributed by atoms with Gasteiger partial charge >= 0.3 is 0 Å². The number of carbonyl (C=O) groups excluding carboxylic acids is 1. The van der Waals surface area contributed by atoms with Crippen molar-refractivity contribution in [2.45, 2.75) is 71.6 Å². The second-order valence-electron chi connectivity index (χ2n) is 9.53. The quantitative estimate of drug-likeness (QED) is 0.319. The van der Waals surface area contributed by atoms with Crippen molar-refractivity contribution in [1.29, 1.82) is 0 Å². The molecular weight excluding hydrogens is 392 g/mol. The lowest BCUT2D eigenvalue weighted by Crippen LogP contribution is -2.24. The third kappa shape index (κ3) is 4.96. The molecule has 3 aromatic rings. The van der Waals surface area contributed by atoms with Crippen LogP contribution < -0.4 is 4.74 Å². The molecule has 0 aromatic heterocycles. The van der Waals surface area contributed by atoms with Crippen molar-refractivity contribution < 1.29 is 9.53 Å². The van der Waals surface area contributed by atoms with Crippen LogP contribution >= 0.6 is 0 Å². The van der Waals surface area contributed by atoms with Gasteiger partial charge in [0.15, 0.2) is 5.78 Å². The fourth-order valence-corrected chi connectivity index (χ4v) is 4.00. The van der Waals surface area contributed by atoms with Gasteiger partial charge < -0.3 is 4.74 Å². The van der Waals surface area contributed by atoms with E-state index in [0.717, 1.165) is 41.9 Å². The van der Waals surface area contributed by atoms with Crippen molar-refractivity contribution in [2.75, 3.05) is 0 Å². The SMILES string of the molecule is CCC(C)(C)c1ccc(C(C)(CC)CC)cc1C(=O)c1ccc(Oc2ccccc2)cc1. The van der Waals surface area contributed by atoms with Gasteiger partial charge in [-0.15, -0.1) is 0 Å². The highest BCUT2D eigenvalue weighted by Gasteiger charge is 2.29. The van der Waals surface area contributed by atoms with Crippen LogP contribution in [0.4, 0.5) is 0 Å². The Hall–Kier alpha value is -2.87. The molecule has 0 aliphatic heterocycles. The number of para-hydroxylation sites is 1. The second-order valence-corrected chi connectivity index (χ2v) is 9.53. The zero-order chi connectivity index (χ0) is 23.4. The van der Waals surface area contributed by atoms with Crippen molar-refractivity contribution in [3.8, 4) is 11.5 Å². The third-order valence-electron chi connectivity index (χ3n) is 7.23. The van der Waals surface area contributed by atoms with Gasteiger partial charge in [-0.25, -0.2) is 0 Å². The minimum atomic E-state index is -0.0747. The molecule has 0 bridgehead atoms. The van der Waals surface area contributed by atoms with E-state index in [2.05, 4.69) is 59.7 Å². The van der Waals surface area contributed by atoms with Crippen LogP contribution in [-0.2, 0) is 10.8 Å². The molecule has 0 amide bonds. The molecule has 0 radical (unpaired) electrons. The van der Waals surface area contributed by atoms with Crippen LogP contribution in [0.3, 0.4) is 0 Å². The van der Waals surface area contributed by atoms with Crippen molar-refractivity contribution >= 4 is 5.78 Å². The molecular formula is C30H36O2. The zero-order valence-corrected chi connectivity index (χ0v) is 20.4. The molecule has 32 heavy (non-hydrogen) atoms. The minimum Gasteiger partial charge on any atom is -0.457 e. The first-order chi connectivity index (χ1) is 15.2. The molecule has 0 saturated heterocycles. The molecule has 0 N–H and O–H groups in total. The maximum absolute atomic E-state index is 13.7. The first kappa shape index (κ1) is 23.8. The van der Waals surface area contributed by atoms with Crippen LogP contribution in [0.2, 0.25) is 0 Å². The monoisotopic (exact) mass is 428 g/mol. The van der Waals surface area contributed by atoms with E-state index < -0.39 is 0 Å². The Morgan fingerprint density at radius 1 is 0.750 bits per heavy atom. The van der Waals surface area contributed by atoms with Crippen molar-refractivity contribution in [3.63, 3.8) is 0 Å². The molecule has 0 unspecified atom stereocenters. The van der Waals surface area contributed by atoms with Crippen LogP contribution in [0.15, 0.2) is 72.8 Å². The Morgan fingerprint density at radius 3 is 1.91 bits per heavy atom. The lowest BCUT2D eigenvalue weighted by Gasteiger charge is -2.31. The van der Waals surface area contributed by atoms with E-state index in [4.69, 9.17) is 4.74 Å². The summed E-state index contributed by atoms with van der Waals surface area (Å²) >= 11 is 0. The largest absolute Gasteiger partial charge is 0.457 e. The zero-order valence-electron chi connectivity index (χ0n) is 20.4. The minimum absolute atomic E-state index is 0.0668. The Morgan fingerprint density at radius 2 is 1.34 bits per heavy atom. The highest BCUT2D eigenvalue weighted by molar-refractivity contribution is 6.10. The van der Waals surface area contributed by atoms with Gasteiger partial charge in [-0.3, -0.25) is 4.79 Å². The molecule has 0 atom stereocenters. The van der Waals surface area contributed by atoms with Crippen LogP contribution in [0.1, 0.15) is 87.9 Å². The average molecular weight is 429 g/mol. The number of carbonyl (C=O) groups is 1. The number of ketones is 1. The highest BCUT2D eigenvalue weighted by atomic mass is 16.5. The summed E-state index contributed by atoms with van der Waals surface area (Å²) in [5.74, 6) is 1.58. The van der Waals surface area contributed by atoms with Gasteiger partial charge in [-0.05, 0) is 83.7 Å². The molecule has 0 fully saturated rings. The second kappa shape index (κ2) is 9.73. The predicted octanol–water partition coefficient (Wildman–Crippen LogP) is 8.48. The molecule has 3 aromatic carbocycles. The summed E-state index contributed by atoms with van der Waals surface area (Å²) in [6.45, 7) is 13.3.